The number of nitrogens with one attached hydrogen (secondary N) is 1. The third-order valence-electron chi connectivity index (χ3n) is 2.84. The lowest BCUT2D eigenvalue weighted by Crippen LogP contribution is -2.13. The fourth-order valence-electron chi connectivity index (χ4n) is 2.02. The van der Waals surface area contributed by atoms with Gasteiger partial charge in [0.2, 0.25) is 0 Å². The number of halogens is 3. The van der Waals surface area contributed by atoms with Gasteiger partial charge in [0.05, 0.1) is 16.4 Å². The Morgan fingerprint density at radius 2 is 1.75 bits per heavy atom. The Hall–Kier alpha value is -1.81. The largest absolute Gasteiger partial charge is 0.379 e. The molecular formula is C15H15ClF2N2. The quantitative estimate of drug-likeness (QED) is 0.905. The summed E-state index contributed by atoms with van der Waals surface area (Å²) in [5.74, 6) is -1.17. The molecular weight excluding hydrogens is 282 g/mol. The molecule has 5 heteroatoms. The molecule has 1 N–H and O–H groups in total. The van der Waals surface area contributed by atoms with Gasteiger partial charge in [-0.1, -0.05) is 17.7 Å². The van der Waals surface area contributed by atoms with Crippen LogP contribution < -0.4 is 10.2 Å². The number of nitrogens with zero attached hydrogens (tertiary/aromatic N) is 1. The van der Waals surface area contributed by atoms with Crippen molar-refractivity contribution in [2.24, 2.45) is 0 Å². The van der Waals surface area contributed by atoms with E-state index in [2.05, 4.69) is 5.32 Å². The van der Waals surface area contributed by atoms with Crippen molar-refractivity contribution in [3.63, 3.8) is 0 Å². The van der Waals surface area contributed by atoms with E-state index < -0.39 is 11.6 Å². The van der Waals surface area contributed by atoms with Crippen LogP contribution in [0.5, 0.6) is 0 Å². The maximum atomic E-state index is 13.1. The SMILES string of the molecule is CN(C)c1c(Cl)cccc1NCc1cc(F)cc(F)c1. The Morgan fingerprint density at radius 1 is 1.10 bits per heavy atom. The molecule has 106 valence electrons. The molecule has 2 nitrogen and oxygen atoms in total. The molecule has 0 heterocycles. The van der Waals surface area contributed by atoms with Gasteiger partial charge >= 0.3 is 0 Å². The van der Waals surface area contributed by atoms with Gasteiger partial charge in [0, 0.05) is 26.7 Å². The first-order valence-corrected chi connectivity index (χ1v) is 6.50. The Bertz CT molecular complexity index is 595. The lowest BCUT2D eigenvalue weighted by atomic mass is 10.2. The number of para-hydroxylation sites is 1. The van der Waals surface area contributed by atoms with Gasteiger partial charge in [0.1, 0.15) is 11.6 Å². The molecule has 2 rings (SSSR count). The smallest absolute Gasteiger partial charge is 0.126 e. The maximum Gasteiger partial charge on any atom is 0.126 e. The molecule has 0 aliphatic carbocycles. The second kappa shape index (κ2) is 6.09. The third kappa shape index (κ3) is 3.39. The van der Waals surface area contributed by atoms with Gasteiger partial charge in [-0.25, -0.2) is 8.78 Å². The number of benzene rings is 2. The molecule has 0 aliphatic rings. The van der Waals surface area contributed by atoms with Gasteiger partial charge < -0.3 is 10.2 Å². The molecule has 0 unspecified atom stereocenters. The summed E-state index contributed by atoms with van der Waals surface area (Å²) in [5.41, 5.74) is 2.19. The van der Waals surface area contributed by atoms with E-state index in [9.17, 15) is 8.78 Å². The molecule has 0 saturated heterocycles. The summed E-state index contributed by atoms with van der Waals surface area (Å²) in [6.45, 7) is 0.315. The molecule has 0 atom stereocenters. The van der Waals surface area contributed by atoms with Crippen molar-refractivity contribution >= 4 is 23.0 Å². The van der Waals surface area contributed by atoms with E-state index in [1.807, 2.05) is 31.1 Å². The van der Waals surface area contributed by atoms with Crippen LogP contribution in [0.1, 0.15) is 5.56 Å². The summed E-state index contributed by atoms with van der Waals surface area (Å²) in [6, 6.07) is 8.95. The Labute approximate surface area is 122 Å². The Balaban J connectivity index is 2.21. The number of hydrogen-bond acceptors (Lipinski definition) is 2. The average Bonchev–Trinajstić information content (AvgIpc) is 2.34. The molecule has 0 aromatic heterocycles. The number of anilines is 2. The lowest BCUT2D eigenvalue weighted by Gasteiger charge is -2.20. The molecule has 0 spiro atoms. The minimum absolute atomic E-state index is 0.315. The van der Waals surface area contributed by atoms with Gasteiger partial charge in [-0.05, 0) is 29.8 Å². The van der Waals surface area contributed by atoms with E-state index in [-0.39, 0.29) is 0 Å². The van der Waals surface area contributed by atoms with Crippen molar-refractivity contribution in [2.75, 3.05) is 24.3 Å². The van der Waals surface area contributed by atoms with Crippen LogP contribution >= 0.6 is 11.6 Å². The zero-order chi connectivity index (χ0) is 14.7. The summed E-state index contributed by atoms with van der Waals surface area (Å²) in [7, 11) is 3.77. The molecule has 0 aliphatic heterocycles. The molecule has 20 heavy (non-hydrogen) atoms. The fraction of sp³-hybridized carbons (Fsp3) is 0.200. The van der Waals surface area contributed by atoms with Crippen molar-refractivity contribution < 1.29 is 8.78 Å². The highest BCUT2D eigenvalue weighted by Gasteiger charge is 2.09. The Morgan fingerprint density at radius 3 is 2.35 bits per heavy atom. The van der Waals surface area contributed by atoms with Crippen LogP contribution in [0.4, 0.5) is 20.2 Å². The van der Waals surface area contributed by atoms with Crippen LogP contribution in [-0.4, -0.2) is 14.1 Å². The normalized spacial score (nSPS) is 10.4. The van der Waals surface area contributed by atoms with Crippen molar-refractivity contribution in [1.29, 1.82) is 0 Å². The summed E-state index contributed by atoms with van der Waals surface area (Å²) in [4.78, 5) is 1.89. The maximum absolute atomic E-state index is 13.1. The number of rotatable bonds is 4. The molecule has 0 bridgehead atoms. The summed E-state index contributed by atoms with van der Waals surface area (Å²) >= 11 is 6.15. The first-order chi connectivity index (χ1) is 9.47. The molecule has 2 aromatic carbocycles. The topological polar surface area (TPSA) is 15.3 Å². The first kappa shape index (κ1) is 14.6. The zero-order valence-corrected chi connectivity index (χ0v) is 12.0. The molecule has 0 saturated carbocycles. The van der Waals surface area contributed by atoms with Crippen molar-refractivity contribution in [3.8, 4) is 0 Å². The molecule has 2 aromatic rings. The third-order valence-corrected chi connectivity index (χ3v) is 3.14. The standard InChI is InChI=1S/C15H15ClF2N2/c1-20(2)15-13(16)4-3-5-14(15)19-9-10-6-11(17)8-12(18)7-10/h3-8,19H,9H2,1-2H3. The van der Waals surface area contributed by atoms with Crippen LogP contribution in [0.3, 0.4) is 0 Å². The molecule has 0 radical (unpaired) electrons. The van der Waals surface area contributed by atoms with E-state index in [1.165, 1.54) is 12.1 Å². The first-order valence-electron chi connectivity index (χ1n) is 6.12. The molecule has 0 fully saturated rings. The van der Waals surface area contributed by atoms with Crippen LogP contribution in [-0.2, 0) is 6.54 Å². The van der Waals surface area contributed by atoms with Crippen LogP contribution in [0.25, 0.3) is 0 Å². The predicted octanol–water partition coefficient (Wildman–Crippen LogP) is 4.30. The van der Waals surface area contributed by atoms with E-state index in [4.69, 9.17) is 11.6 Å². The van der Waals surface area contributed by atoms with Crippen molar-refractivity contribution in [2.45, 2.75) is 6.54 Å². The van der Waals surface area contributed by atoms with Gasteiger partial charge in [-0.3, -0.25) is 0 Å². The van der Waals surface area contributed by atoms with E-state index >= 15 is 0 Å². The van der Waals surface area contributed by atoms with Crippen LogP contribution in [0, 0.1) is 11.6 Å². The lowest BCUT2D eigenvalue weighted by molar-refractivity contribution is 0.580. The highest BCUT2D eigenvalue weighted by molar-refractivity contribution is 6.34. The van der Waals surface area contributed by atoms with Crippen molar-refractivity contribution in [3.05, 3.63) is 58.6 Å². The fourth-order valence-corrected chi connectivity index (χ4v) is 2.37. The second-order valence-electron chi connectivity index (χ2n) is 4.66. The summed E-state index contributed by atoms with van der Waals surface area (Å²) in [5, 5.41) is 3.76. The monoisotopic (exact) mass is 296 g/mol. The van der Waals surface area contributed by atoms with E-state index in [0.717, 1.165) is 17.4 Å². The van der Waals surface area contributed by atoms with Gasteiger partial charge in [0.25, 0.3) is 0 Å². The highest BCUT2D eigenvalue weighted by atomic mass is 35.5. The summed E-state index contributed by atoms with van der Waals surface area (Å²) < 4.78 is 26.3. The minimum atomic E-state index is -0.583. The second-order valence-corrected chi connectivity index (χ2v) is 5.07. The summed E-state index contributed by atoms with van der Waals surface area (Å²) in [6.07, 6.45) is 0. The van der Waals surface area contributed by atoms with Gasteiger partial charge in [0.15, 0.2) is 0 Å². The van der Waals surface area contributed by atoms with E-state index in [1.54, 1.807) is 6.07 Å². The van der Waals surface area contributed by atoms with E-state index in [0.29, 0.717) is 17.1 Å². The minimum Gasteiger partial charge on any atom is -0.379 e. The Kier molecular flexibility index (Phi) is 4.45. The van der Waals surface area contributed by atoms with Gasteiger partial charge in [-0.15, -0.1) is 0 Å². The van der Waals surface area contributed by atoms with Crippen molar-refractivity contribution in [1.82, 2.24) is 0 Å². The van der Waals surface area contributed by atoms with Gasteiger partial charge in [-0.2, -0.15) is 0 Å². The highest BCUT2D eigenvalue weighted by Crippen LogP contribution is 2.32. The van der Waals surface area contributed by atoms with Crippen LogP contribution in [0.2, 0.25) is 5.02 Å². The predicted molar refractivity (Wildman–Crippen MR) is 79.5 cm³/mol. The average molecular weight is 297 g/mol. The zero-order valence-electron chi connectivity index (χ0n) is 11.3. The molecule has 0 amide bonds. The van der Waals surface area contributed by atoms with Crippen LogP contribution in [0.15, 0.2) is 36.4 Å². The number of hydrogen-bond donors (Lipinski definition) is 1.